The van der Waals surface area contributed by atoms with Crippen LogP contribution in [0.15, 0.2) is 53.1 Å². The van der Waals surface area contributed by atoms with Gasteiger partial charge in [-0.15, -0.1) is 0 Å². The van der Waals surface area contributed by atoms with Crippen molar-refractivity contribution in [1.82, 2.24) is 4.98 Å². The Morgan fingerprint density at radius 3 is 2.71 bits per heavy atom. The molecule has 1 aromatic heterocycles. The summed E-state index contributed by atoms with van der Waals surface area (Å²) in [6.45, 7) is 0.398. The fourth-order valence-electron chi connectivity index (χ4n) is 2.20. The molecule has 0 aliphatic carbocycles. The molecule has 0 fully saturated rings. The Bertz CT molecular complexity index is 777. The third-order valence-corrected chi connectivity index (χ3v) is 3.80. The van der Waals surface area contributed by atoms with Crippen LogP contribution in [-0.4, -0.2) is 4.98 Å². The summed E-state index contributed by atoms with van der Waals surface area (Å²) in [7, 11) is 0. The second kappa shape index (κ2) is 5.77. The maximum absolute atomic E-state index is 13.8. The lowest BCUT2D eigenvalue weighted by atomic mass is 10.1. The molecule has 0 atom stereocenters. The van der Waals surface area contributed by atoms with Gasteiger partial charge in [-0.05, 0) is 33.6 Å². The highest BCUT2D eigenvalue weighted by Crippen LogP contribution is 2.28. The van der Waals surface area contributed by atoms with Gasteiger partial charge in [0.15, 0.2) is 0 Å². The van der Waals surface area contributed by atoms with Crippen molar-refractivity contribution >= 4 is 32.5 Å². The zero-order valence-corrected chi connectivity index (χ0v) is 12.5. The first kappa shape index (κ1) is 13.9. The number of fused-ring (bicyclic) bond motifs is 1. The summed E-state index contributed by atoms with van der Waals surface area (Å²) >= 11 is 3.16. The molecule has 1 heterocycles. The molecule has 3 rings (SSSR count). The number of nitrogens with zero attached hydrogens (tertiary/aromatic N) is 1. The first-order chi connectivity index (χ1) is 10.1. The van der Waals surface area contributed by atoms with Crippen molar-refractivity contribution in [2.24, 2.45) is 0 Å². The van der Waals surface area contributed by atoms with Crippen LogP contribution in [0, 0.1) is 11.6 Å². The summed E-state index contributed by atoms with van der Waals surface area (Å²) in [5.74, 6) is -1.24. The van der Waals surface area contributed by atoms with E-state index >= 15 is 0 Å². The fourth-order valence-corrected chi connectivity index (χ4v) is 2.75. The number of aromatic nitrogens is 1. The number of hydrogen-bond acceptors (Lipinski definition) is 2. The Kier molecular flexibility index (Phi) is 3.84. The monoisotopic (exact) mass is 348 g/mol. The summed E-state index contributed by atoms with van der Waals surface area (Å²) in [5, 5.41) is 4.01. The molecule has 0 unspecified atom stereocenters. The van der Waals surface area contributed by atoms with E-state index in [9.17, 15) is 8.78 Å². The van der Waals surface area contributed by atoms with E-state index < -0.39 is 11.6 Å². The molecule has 0 amide bonds. The van der Waals surface area contributed by atoms with Crippen molar-refractivity contribution in [1.29, 1.82) is 0 Å². The SMILES string of the molecule is Fc1cc(F)c(NCc2cccc3cccnc23)c(Br)c1. The second-order valence-electron chi connectivity index (χ2n) is 4.59. The molecule has 0 aliphatic rings. The maximum atomic E-state index is 13.8. The van der Waals surface area contributed by atoms with E-state index in [-0.39, 0.29) is 5.69 Å². The summed E-state index contributed by atoms with van der Waals surface area (Å²) < 4.78 is 27.2. The van der Waals surface area contributed by atoms with Crippen molar-refractivity contribution in [3.8, 4) is 0 Å². The second-order valence-corrected chi connectivity index (χ2v) is 5.44. The van der Waals surface area contributed by atoms with Crippen LogP contribution >= 0.6 is 15.9 Å². The van der Waals surface area contributed by atoms with Gasteiger partial charge in [0, 0.05) is 28.7 Å². The number of pyridine rings is 1. The van der Waals surface area contributed by atoms with Gasteiger partial charge in [-0.25, -0.2) is 8.78 Å². The molecule has 21 heavy (non-hydrogen) atoms. The van der Waals surface area contributed by atoms with Crippen molar-refractivity contribution < 1.29 is 8.78 Å². The molecular weight excluding hydrogens is 338 g/mol. The highest BCUT2D eigenvalue weighted by molar-refractivity contribution is 9.10. The van der Waals surface area contributed by atoms with Crippen LogP contribution in [0.2, 0.25) is 0 Å². The van der Waals surface area contributed by atoms with Gasteiger partial charge in [-0.1, -0.05) is 24.3 Å². The Morgan fingerprint density at radius 2 is 1.90 bits per heavy atom. The van der Waals surface area contributed by atoms with Gasteiger partial charge in [0.1, 0.15) is 11.6 Å². The average molecular weight is 349 g/mol. The van der Waals surface area contributed by atoms with E-state index in [4.69, 9.17) is 0 Å². The van der Waals surface area contributed by atoms with E-state index in [1.165, 1.54) is 6.07 Å². The quantitative estimate of drug-likeness (QED) is 0.728. The van der Waals surface area contributed by atoms with E-state index in [1.54, 1.807) is 6.20 Å². The molecule has 0 aliphatic heterocycles. The highest BCUT2D eigenvalue weighted by atomic mass is 79.9. The molecule has 0 spiro atoms. The molecule has 0 saturated heterocycles. The van der Waals surface area contributed by atoms with Crippen LogP contribution < -0.4 is 5.32 Å². The number of halogens is 3. The van der Waals surface area contributed by atoms with Crippen molar-refractivity contribution in [3.05, 3.63) is 70.3 Å². The molecule has 0 saturated carbocycles. The standard InChI is InChI=1S/C16H11BrF2N2/c17-13-7-12(18)8-14(19)16(13)21-9-11-4-1-3-10-5-2-6-20-15(10)11/h1-8,21H,9H2. The minimum Gasteiger partial charge on any atom is -0.378 e. The molecule has 106 valence electrons. The van der Waals surface area contributed by atoms with E-state index in [0.717, 1.165) is 22.5 Å². The first-order valence-electron chi connectivity index (χ1n) is 6.36. The topological polar surface area (TPSA) is 24.9 Å². The van der Waals surface area contributed by atoms with Gasteiger partial charge in [0.05, 0.1) is 11.2 Å². The van der Waals surface area contributed by atoms with Crippen LogP contribution in [0.25, 0.3) is 10.9 Å². The third-order valence-electron chi connectivity index (χ3n) is 3.18. The van der Waals surface area contributed by atoms with Gasteiger partial charge < -0.3 is 5.32 Å². The zero-order chi connectivity index (χ0) is 14.8. The van der Waals surface area contributed by atoms with Gasteiger partial charge in [0.2, 0.25) is 0 Å². The Hall–Kier alpha value is -2.01. The number of rotatable bonds is 3. The number of para-hydroxylation sites is 1. The van der Waals surface area contributed by atoms with Crippen LogP contribution in [0.1, 0.15) is 5.56 Å². The van der Waals surface area contributed by atoms with Crippen LogP contribution in [0.5, 0.6) is 0 Å². The number of anilines is 1. The van der Waals surface area contributed by atoms with Crippen LogP contribution in [-0.2, 0) is 6.54 Å². The van der Waals surface area contributed by atoms with Gasteiger partial charge >= 0.3 is 0 Å². The maximum Gasteiger partial charge on any atom is 0.150 e. The van der Waals surface area contributed by atoms with Crippen molar-refractivity contribution in [3.63, 3.8) is 0 Å². The minimum atomic E-state index is -0.630. The summed E-state index contributed by atoms with van der Waals surface area (Å²) in [6.07, 6.45) is 1.72. The third kappa shape index (κ3) is 2.88. The average Bonchev–Trinajstić information content (AvgIpc) is 2.46. The number of nitrogens with one attached hydrogen (secondary N) is 1. The Morgan fingerprint density at radius 1 is 1.10 bits per heavy atom. The number of benzene rings is 2. The van der Waals surface area contributed by atoms with E-state index in [2.05, 4.69) is 26.2 Å². The normalized spacial score (nSPS) is 10.8. The van der Waals surface area contributed by atoms with Crippen LogP contribution in [0.3, 0.4) is 0 Å². The Balaban J connectivity index is 1.91. The van der Waals surface area contributed by atoms with Crippen molar-refractivity contribution in [2.75, 3.05) is 5.32 Å². The molecular formula is C16H11BrF2N2. The lowest BCUT2D eigenvalue weighted by molar-refractivity contribution is 0.583. The summed E-state index contributed by atoms with van der Waals surface area (Å²) in [4.78, 5) is 4.35. The molecule has 0 radical (unpaired) electrons. The summed E-state index contributed by atoms with van der Waals surface area (Å²) in [6, 6.07) is 11.8. The predicted octanol–water partition coefficient (Wildman–Crippen LogP) is 4.89. The lowest BCUT2D eigenvalue weighted by Gasteiger charge is -2.11. The minimum absolute atomic E-state index is 0.240. The zero-order valence-electron chi connectivity index (χ0n) is 10.9. The van der Waals surface area contributed by atoms with Crippen molar-refractivity contribution in [2.45, 2.75) is 6.54 Å². The van der Waals surface area contributed by atoms with E-state index in [0.29, 0.717) is 11.0 Å². The van der Waals surface area contributed by atoms with Crippen LogP contribution in [0.4, 0.5) is 14.5 Å². The smallest absolute Gasteiger partial charge is 0.150 e. The molecule has 0 bridgehead atoms. The lowest BCUT2D eigenvalue weighted by Crippen LogP contribution is -2.04. The first-order valence-corrected chi connectivity index (χ1v) is 7.15. The predicted molar refractivity (Wildman–Crippen MR) is 83.1 cm³/mol. The van der Waals surface area contributed by atoms with Gasteiger partial charge in [-0.2, -0.15) is 0 Å². The Labute approximate surface area is 129 Å². The van der Waals surface area contributed by atoms with E-state index in [1.807, 2.05) is 30.3 Å². The summed E-state index contributed by atoms with van der Waals surface area (Å²) in [5.41, 5.74) is 2.05. The highest BCUT2D eigenvalue weighted by Gasteiger charge is 2.10. The van der Waals surface area contributed by atoms with Gasteiger partial charge in [-0.3, -0.25) is 4.98 Å². The number of hydrogen-bond donors (Lipinski definition) is 1. The molecule has 5 heteroatoms. The fraction of sp³-hybridized carbons (Fsp3) is 0.0625. The molecule has 2 aromatic carbocycles. The van der Waals surface area contributed by atoms with Gasteiger partial charge in [0.25, 0.3) is 0 Å². The largest absolute Gasteiger partial charge is 0.378 e. The molecule has 1 N–H and O–H groups in total. The molecule has 3 aromatic rings. The molecule has 2 nitrogen and oxygen atoms in total.